The van der Waals surface area contributed by atoms with Crippen molar-refractivity contribution < 1.29 is 14.3 Å². The summed E-state index contributed by atoms with van der Waals surface area (Å²) >= 11 is 1.71. The zero-order valence-electron chi connectivity index (χ0n) is 15.3. The fourth-order valence-corrected chi connectivity index (χ4v) is 4.41. The highest BCUT2D eigenvalue weighted by molar-refractivity contribution is 7.10. The average Bonchev–Trinajstić information content (AvgIpc) is 3.38. The third-order valence-corrected chi connectivity index (χ3v) is 5.86. The summed E-state index contributed by atoms with van der Waals surface area (Å²) in [5.74, 6) is 1.87. The summed E-state index contributed by atoms with van der Waals surface area (Å²) in [7, 11) is 3.21. The van der Waals surface area contributed by atoms with E-state index in [1.54, 1.807) is 25.6 Å². The molecule has 2 amide bonds. The van der Waals surface area contributed by atoms with Gasteiger partial charge in [0.1, 0.15) is 0 Å². The molecule has 2 aromatic rings. The lowest BCUT2D eigenvalue weighted by molar-refractivity contribution is 0.231. The van der Waals surface area contributed by atoms with E-state index >= 15 is 0 Å². The molecule has 26 heavy (non-hydrogen) atoms. The second kappa shape index (κ2) is 8.94. The van der Waals surface area contributed by atoms with Crippen LogP contribution in [0.3, 0.4) is 0 Å². The molecule has 1 atom stereocenters. The number of urea groups is 1. The minimum Gasteiger partial charge on any atom is -0.493 e. The van der Waals surface area contributed by atoms with Crippen LogP contribution in [-0.4, -0.2) is 20.3 Å². The van der Waals surface area contributed by atoms with Crippen molar-refractivity contribution in [3.8, 4) is 11.5 Å². The number of benzene rings is 1. The number of amides is 2. The normalized spacial score (nSPS) is 15.5. The largest absolute Gasteiger partial charge is 0.493 e. The van der Waals surface area contributed by atoms with E-state index in [-0.39, 0.29) is 12.1 Å². The number of carbonyl (C=O) groups is 1. The summed E-state index contributed by atoms with van der Waals surface area (Å²) in [6.07, 6.45) is 4.86. The molecule has 1 heterocycles. The Hall–Kier alpha value is -2.21. The highest BCUT2D eigenvalue weighted by Gasteiger charge is 2.28. The highest BCUT2D eigenvalue weighted by atomic mass is 32.1. The monoisotopic (exact) mass is 374 g/mol. The lowest BCUT2D eigenvalue weighted by Gasteiger charge is -2.24. The summed E-state index contributed by atoms with van der Waals surface area (Å²) in [5.41, 5.74) is 0.964. The minimum atomic E-state index is -0.134. The van der Waals surface area contributed by atoms with Gasteiger partial charge in [-0.05, 0) is 47.9 Å². The summed E-state index contributed by atoms with van der Waals surface area (Å²) in [6.45, 7) is 0.439. The lowest BCUT2D eigenvalue weighted by atomic mass is 9.97. The Morgan fingerprint density at radius 3 is 2.62 bits per heavy atom. The fourth-order valence-electron chi connectivity index (χ4n) is 3.55. The average molecular weight is 375 g/mol. The third kappa shape index (κ3) is 4.49. The van der Waals surface area contributed by atoms with Crippen LogP contribution in [0.1, 0.15) is 42.2 Å². The van der Waals surface area contributed by atoms with Crippen molar-refractivity contribution in [1.82, 2.24) is 10.6 Å². The van der Waals surface area contributed by atoms with Crippen molar-refractivity contribution in [2.45, 2.75) is 38.3 Å². The molecule has 3 rings (SSSR count). The molecule has 0 bridgehead atoms. The number of ether oxygens (including phenoxy) is 2. The van der Waals surface area contributed by atoms with Gasteiger partial charge in [0.05, 0.1) is 20.3 Å². The second-order valence-corrected chi connectivity index (χ2v) is 7.53. The van der Waals surface area contributed by atoms with Crippen molar-refractivity contribution in [2.24, 2.45) is 5.92 Å². The van der Waals surface area contributed by atoms with E-state index in [4.69, 9.17) is 9.47 Å². The Morgan fingerprint density at radius 1 is 1.19 bits per heavy atom. The van der Waals surface area contributed by atoms with Gasteiger partial charge in [-0.15, -0.1) is 11.3 Å². The molecule has 1 aliphatic carbocycles. The molecule has 0 radical (unpaired) electrons. The van der Waals surface area contributed by atoms with Crippen LogP contribution in [0.25, 0.3) is 0 Å². The van der Waals surface area contributed by atoms with E-state index in [0.717, 1.165) is 5.56 Å². The highest BCUT2D eigenvalue weighted by Crippen LogP contribution is 2.37. The molecule has 1 aromatic heterocycles. The predicted octanol–water partition coefficient (Wildman–Crippen LogP) is 4.50. The van der Waals surface area contributed by atoms with Crippen LogP contribution < -0.4 is 20.1 Å². The van der Waals surface area contributed by atoms with E-state index in [1.807, 2.05) is 24.3 Å². The van der Waals surface area contributed by atoms with Crippen molar-refractivity contribution in [1.29, 1.82) is 0 Å². The summed E-state index contributed by atoms with van der Waals surface area (Å²) < 4.78 is 10.6. The van der Waals surface area contributed by atoms with Crippen LogP contribution in [0.4, 0.5) is 4.79 Å². The SMILES string of the molecule is COc1ccc(CNC(=O)NC(c2cccs2)C2CCCC2)cc1OC. The molecule has 0 aliphatic heterocycles. The maximum Gasteiger partial charge on any atom is 0.315 e. The number of hydrogen-bond donors (Lipinski definition) is 2. The maximum absolute atomic E-state index is 12.5. The Labute approximate surface area is 158 Å². The first kappa shape index (κ1) is 18.6. The summed E-state index contributed by atoms with van der Waals surface area (Å²) in [6, 6.07) is 9.78. The number of carbonyl (C=O) groups excluding carboxylic acids is 1. The number of rotatable bonds is 7. The summed E-state index contributed by atoms with van der Waals surface area (Å²) in [5, 5.41) is 8.22. The van der Waals surface area contributed by atoms with Gasteiger partial charge < -0.3 is 20.1 Å². The predicted molar refractivity (Wildman–Crippen MR) is 104 cm³/mol. The van der Waals surface area contributed by atoms with E-state index in [1.165, 1.54) is 30.6 Å². The van der Waals surface area contributed by atoms with Gasteiger partial charge in [-0.3, -0.25) is 0 Å². The molecule has 1 saturated carbocycles. The van der Waals surface area contributed by atoms with Crippen molar-refractivity contribution in [2.75, 3.05) is 14.2 Å². The smallest absolute Gasteiger partial charge is 0.315 e. The molecule has 0 spiro atoms. The molecule has 2 N–H and O–H groups in total. The van der Waals surface area contributed by atoms with Gasteiger partial charge in [0.2, 0.25) is 0 Å². The fraction of sp³-hybridized carbons (Fsp3) is 0.450. The van der Waals surface area contributed by atoms with Crippen LogP contribution in [0.5, 0.6) is 11.5 Å². The Morgan fingerprint density at radius 2 is 1.96 bits per heavy atom. The van der Waals surface area contributed by atoms with Gasteiger partial charge in [0.25, 0.3) is 0 Å². The molecule has 1 fully saturated rings. The molecule has 1 aliphatic rings. The van der Waals surface area contributed by atoms with Crippen LogP contribution in [0, 0.1) is 5.92 Å². The molecule has 140 valence electrons. The van der Waals surface area contributed by atoms with Gasteiger partial charge in [0.15, 0.2) is 11.5 Å². The lowest BCUT2D eigenvalue weighted by Crippen LogP contribution is -2.39. The minimum absolute atomic E-state index is 0.0999. The number of thiophene rings is 1. The van der Waals surface area contributed by atoms with Gasteiger partial charge in [-0.1, -0.05) is 25.0 Å². The zero-order valence-corrected chi connectivity index (χ0v) is 16.1. The maximum atomic E-state index is 12.5. The topological polar surface area (TPSA) is 59.6 Å². The summed E-state index contributed by atoms with van der Waals surface area (Å²) in [4.78, 5) is 13.7. The molecular formula is C20H26N2O3S. The van der Waals surface area contributed by atoms with Crippen LogP contribution >= 0.6 is 11.3 Å². The number of methoxy groups -OCH3 is 2. The molecular weight excluding hydrogens is 348 g/mol. The molecule has 1 aromatic carbocycles. The van der Waals surface area contributed by atoms with Crippen LogP contribution in [-0.2, 0) is 6.54 Å². The molecule has 0 saturated heterocycles. The number of hydrogen-bond acceptors (Lipinski definition) is 4. The molecule has 1 unspecified atom stereocenters. The molecule has 6 heteroatoms. The van der Waals surface area contributed by atoms with Crippen molar-refractivity contribution >= 4 is 17.4 Å². The first-order valence-electron chi connectivity index (χ1n) is 9.00. The van der Waals surface area contributed by atoms with Crippen molar-refractivity contribution in [3.05, 3.63) is 46.2 Å². The quantitative estimate of drug-likeness (QED) is 0.750. The molecule has 5 nitrogen and oxygen atoms in total. The van der Waals surface area contributed by atoms with E-state index in [9.17, 15) is 4.79 Å². The Bertz CT molecular complexity index is 712. The van der Waals surface area contributed by atoms with Gasteiger partial charge in [-0.2, -0.15) is 0 Å². The van der Waals surface area contributed by atoms with E-state index in [0.29, 0.717) is 24.0 Å². The first-order valence-corrected chi connectivity index (χ1v) is 9.88. The second-order valence-electron chi connectivity index (χ2n) is 6.55. The van der Waals surface area contributed by atoms with Crippen LogP contribution in [0.2, 0.25) is 0 Å². The third-order valence-electron chi connectivity index (χ3n) is 4.91. The van der Waals surface area contributed by atoms with Crippen molar-refractivity contribution in [3.63, 3.8) is 0 Å². The Kier molecular flexibility index (Phi) is 6.39. The van der Waals surface area contributed by atoms with E-state index < -0.39 is 0 Å². The zero-order chi connectivity index (χ0) is 18.4. The van der Waals surface area contributed by atoms with Gasteiger partial charge in [0, 0.05) is 11.4 Å². The van der Waals surface area contributed by atoms with Gasteiger partial charge >= 0.3 is 6.03 Å². The Balaban J connectivity index is 1.60. The number of nitrogens with one attached hydrogen (secondary N) is 2. The first-order chi connectivity index (χ1) is 12.7. The van der Waals surface area contributed by atoms with Crippen LogP contribution in [0.15, 0.2) is 35.7 Å². The van der Waals surface area contributed by atoms with Gasteiger partial charge in [-0.25, -0.2) is 4.79 Å². The standard InChI is InChI=1S/C20H26N2O3S/c1-24-16-10-9-14(12-17(16)25-2)13-21-20(23)22-19(15-6-3-4-7-15)18-8-5-11-26-18/h5,8-12,15,19H,3-4,6-7,13H2,1-2H3,(H2,21,22,23). The van der Waals surface area contributed by atoms with E-state index in [2.05, 4.69) is 22.1 Å².